The van der Waals surface area contributed by atoms with Crippen molar-refractivity contribution in [1.82, 2.24) is 19.7 Å². The predicted molar refractivity (Wildman–Crippen MR) is 117 cm³/mol. The Morgan fingerprint density at radius 3 is 2.69 bits per heavy atom. The van der Waals surface area contributed by atoms with E-state index in [4.69, 9.17) is 9.88 Å². The first-order chi connectivity index (χ1) is 15.3. The minimum atomic E-state index is -4.01. The molecule has 0 amide bonds. The van der Waals surface area contributed by atoms with E-state index < -0.39 is 15.8 Å². The van der Waals surface area contributed by atoms with Gasteiger partial charge in [0.25, 0.3) is 0 Å². The maximum atomic E-state index is 14.9. The summed E-state index contributed by atoms with van der Waals surface area (Å²) in [6, 6.07) is 13.5. The number of rotatable bonds is 7. The molecule has 1 aliphatic heterocycles. The third-order valence-electron chi connectivity index (χ3n) is 5.55. The number of nitrogens with two attached hydrogens (primary N) is 1. The zero-order valence-electron chi connectivity index (χ0n) is 17.8. The van der Waals surface area contributed by atoms with Gasteiger partial charge in [-0.2, -0.15) is 0 Å². The number of hydrogen-bond acceptors (Lipinski definition) is 6. The van der Waals surface area contributed by atoms with E-state index in [1.165, 1.54) is 16.8 Å². The first-order valence-electron chi connectivity index (χ1n) is 10.4. The van der Waals surface area contributed by atoms with Crippen LogP contribution in [0.5, 0.6) is 0 Å². The van der Waals surface area contributed by atoms with E-state index in [0.717, 1.165) is 31.1 Å². The number of halogens is 1. The molecule has 8 nitrogen and oxygen atoms in total. The smallest absolute Gasteiger partial charge is 0.238 e. The molecule has 1 fully saturated rings. The van der Waals surface area contributed by atoms with Gasteiger partial charge in [0.2, 0.25) is 10.0 Å². The van der Waals surface area contributed by atoms with E-state index in [1.54, 1.807) is 0 Å². The molecule has 1 unspecified atom stereocenters. The van der Waals surface area contributed by atoms with Gasteiger partial charge in [0.05, 0.1) is 18.0 Å². The number of benzene rings is 2. The molecule has 1 aromatic heterocycles. The summed E-state index contributed by atoms with van der Waals surface area (Å²) in [7, 11) is -2.01. The average Bonchev–Trinajstić information content (AvgIpc) is 3.16. The van der Waals surface area contributed by atoms with Crippen LogP contribution in [0.3, 0.4) is 0 Å². The topological polar surface area (TPSA) is 103 Å². The molecule has 3 aromatic rings. The molecule has 0 aliphatic carbocycles. The van der Waals surface area contributed by atoms with Gasteiger partial charge >= 0.3 is 0 Å². The summed E-state index contributed by atoms with van der Waals surface area (Å²) in [6.45, 7) is 1.93. The third kappa shape index (κ3) is 5.21. The van der Waals surface area contributed by atoms with Crippen molar-refractivity contribution in [2.24, 2.45) is 5.14 Å². The maximum Gasteiger partial charge on any atom is 0.238 e. The molecule has 170 valence electrons. The zero-order chi connectivity index (χ0) is 22.7. The lowest BCUT2D eigenvalue weighted by Crippen LogP contribution is -2.38. The summed E-state index contributed by atoms with van der Waals surface area (Å²) in [6.07, 6.45) is 2.50. The lowest BCUT2D eigenvalue weighted by molar-refractivity contribution is 0.0242. The summed E-state index contributed by atoms with van der Waals surface area (Å²) in [5, 5.41) is 9.70. The quantitative estimate of drug-likeness (QED) is 0.581. The maximum absolute atomic E-state index is 14.9. The minimum absolute atomic E-state index is 0.116. The summed E-state index contributed by atoms with van der Waals surface area (Å²) in [4.78, 5) is 6.54. The molecule has 1 aliphatic rings. The standard InChI is InChI=1S/C22H26FN5O3S/c1-27(17-8-5-11-31-15-17)14-21-25-22(12-16-6-3-2-4-7-16)28(26-21)20-10-9-18(13-19(20)23)32(24,29)30/h2-4,6-7,9-10,13,17H,5,8,11-12,14-15H2,1H3,(H2,24,29,30). The first-order valence-corrected chi connectivity index (χ1v) is 12.0. The fourth-order valence-corrected chi connectivity index (χ4v) is 4.33. The fourth-order valence-electron chi connectivity index (χ4n) is 3.80. The van der Waals surface area contributed by atoms with Crippen LogP contribution in [0.25, 0.3) is 5.69 Å². The first kappa shape index (κ1) is 22.5. The number of nitrogens with zero attached hydrogens (tertiary/aromatic N) is 4. The number of primary sulfonamides is 1. The van der Waals surface area contributed by atoms with Crippen molar-refractivity contribution in [1.29, 1.82) is 0 Å². The molecule has 1 saturated heterocycles. The number of sulfonamides is 1. The molecule has 1 atom stereocenters. The Labute approximate surface area is 186 Å². The van der Waals surface area contributed by atoms with Crippen LogP contribution >= 0.6 is 0 Å². The average molecular weight is 460 g/mol. The number of ether oxygens (including phenoxy) is 1. The molecule has 2 aromatic carbocycles. The van der Waals surface area contributed by atoms with Crippen LogP contribution in [0.4, 0.5) is 4.39 Å². The second-order valence-corrected chi connectivity index (χ2v) is 9.52. The number of hydrogen-bond donors (Lipinski definition) is 1. The van der Waals surface area contributed by atoms with Gasteiger partial charge in [-0.15, -0.1) is 5.10 Å². The molecular weight excluding hydrogens is 433 g/mol. The highest BCUT2D eigenvalue weighted by Gasteiger charge is 2.22. The Morgan fingerprint density at radius 2 is 2.03 bits per heavy atom. The summed E-state index contributed by atoms with van der Waals surface area (Å²) >= 11 is 0. The number of aromatic nitrogens is 3. The van der Waals surface area contributed by atoms with Gasteiger partial charge < -0.3 is 4.74 Å². The molecule has 32 heavy (non-hydrogen) atoms. The van der Waals surface area contributed by atoms with Crippen LogP contribution in [0.1, 0.15) is 30.1 Å². The molecule has 0 saturated carbocycles. The second kappa shape index (κ2) is 9.45. The molecule has 4 rings (SSSR count). The van der Waals surface area contributed by atoms with Crippen molar-refractivity contribution in [3.8, 4) is 5.69 Å². The van der Waals surface area contributed by atoms with Gasteiger partial charge in [-0.05, 0) is 43.7 Å². The SMILES string of the molecule is CN(Cc1nc(Cc2ccccc2)n(-c2ccc(S(N)(=O)=O)cc2F)n1)C1CCCOC1. The van der Waals surface area contributed by atoms with E-state index in [1.807, 2.05) is 37.4 Å². The van der Waals surface area contributed by atoms with Gasteiger partial charge in [0.15, 0.2) is 5.82 Å². The van der Waals surface area contributed by atoms with E-state index in [-0.39, 0.29) is 16.6 Å². The Bertz CT molecular complexity index is 1180. The highest BCUT2D eigenvalue weighted by atomic mass is 32.2. The Hall–Kier alpha value is -2.66. The van der Waals surface area contributed by atoms with Crippen LogP contribution < -0.4 is 5.14 Å². The van der Waals surface area contributed by atoms with Crippen LogP contribution in [0.2, 0.25) is 0 Å². The van der Waals surface area contributed by atoms with Crippen LogP contribution in [-0.2, 0) is 27.7 Å². The zero-order valence-corrected chi connectivity index (χ0v) is 18.6. The van der Waals surface area contributed by atoms with Crippen LogP contribution in [0, 0.1) is 5.82 Å². The van der Waals surface area contributed by atoms with Gasteiger partial charge in [-0.1, -0.05) is 30.3 Å². The van der Waals surface area contributed by atoms with Crippen molar-refractivity contribution >= 4 is 10.0 Å². The lowest BCUT2D eigenvalue weighted by Gasteiger charge is -2.30. The third-order valence-corrected chi connectivity index (χ3v) is 6.46. The van der Waals surface area contributed by atoms with Crippen molar-refractivity contribution in [3.63, 3.8) is 0 Å². The lowest BCUT2D eigenvalue weighted by atomic mass is 10.1. The predicted octanol–water partition coefficient (Wildman–Crippen LogP) is 2.26. The van der Waals surface area contributed by atoms with Gasteiger partial charge in [-0.3, -0.25) is 4.90 Å². The summed E-state index contributed by atoms with van der Waals surface area (Å²) in [5.41, 5.74) is 1.12. The fraction of sp³-hybridized carbons (Fsp3) is 0.364. The Morgan fingerprint density at radius 1 is 1.25 bits per heavy atom. The summed E-state index contributed by atoms with van der Waals surface area (Å²) < 4.78 is 45.1. The summed E-state index contributed by atoms with van der Waals surface area (Å²) in [5.74, 6) is 0.372. The van der Waals surface area contributed by atoms with Gasteiger partial charge in [-0.25, -0.2) is 27.6 Å². The molecule has 0 spiro atoms. The molecule has 0 radical (unpaired) electrons. The van der Waals surface area contributed by atoms with Crippen molar-refractivity contribution in [2.75, 3.05) is 20.3 Å². The minimum Gasteiger partial charge on any atom is -0.380 e. The number of likely N-dealkylation sites (N-methyl/N-ethyl adjacent to an activating group) is 1. The van der Waals surface area contributed by atoms with Crippen LogP contribution in [-0.4, -0.2) is 54.4 Å². The van der Waals surface area contributed by atoms with Crippen molar-refractivity contribution < 1.29 is 17.5 Å². The van der Waals surface area contributed by atoms with E-state index in [9.17, 15) is 12.8 Å². The Kier molecular flexibility index (Phi) is 6.66. The molecule has 2 N–H and O–H groups in total. The van der Waals surface area contributed by atoms with Gasteiger partial charge in [0, 0.05) is 19.1 Å². The van der Waals surface area contributed by atoms with Crippen molar-refractivity contribution in [3.05, 3.63) is 71.6 Å². The highest BCUT2D eigenvalue weighted by molar-refractivity contribution is 7.89. The highest BCUT2D eigenvalue weighted by Crippen LogP contribution is 2.21. The van der Waals surface area contributed by atoms with Gasteiger partial charge in [0.1, 0.15) is 17.3 Å². The molecule has 2 heterocycles. The van der Waals surface area contributed by atoms with Crippen LogP contribution in [0.15, 0.2) is 53.4 Å². The molecular formula is C22H26FN5O3S. The molecule has 0 bridgehead atoms. The van der Waals surface area contributed by atoms with E-state index in [2.05, 4.69) is 15.0 Å². The van der Waals surface area contributed by atoms with E-state index in [0.29, 0.717) is 31.2 Å². The normalized spacial score (nSPS) is 17.1. The van der Waals surface area contributed by atoms with Crippen molar-refractivity contribution in [2.45, 2.75) is 36.7 Å². The largest absolute Gasteiger partial charge is 0.380 e. The molecule has 10 heteroatoms. The van der Waals surface area contributed by atoms with E-state index >= 15 is 0 Å². The monoisotopic (exact) mass is 459 g/mol. The second-order valence-electron chi connectivity index (χ2n) is 7.96. The Balaban J connectivity index is 1.68.